The zero-order valence-corrected chi connectivity index (χ0v) is 12.4. The third kappa shape index (κ3) is 3.52. The summed E-state index contributed by atoms with van der Waals surface area (Å²) in [5.41, 5.74) is 7.49. The molecule has 1 aliphatic rings. The Hall–Kier alpha value is -2.08. The van der Waals surface area contributed by atoms with Crippen molar-refractivity contribution in [2.75, 3.05) is 18.4 Å². The molecule has 6 heteroatoms. The predicted octanol–water partition coefficient (Wildman–Crippen LogP) is 1.45. The fourth-order valence-electron chi connectivity index (χ4n) is 2.46. The van der Waals surface area contributed by atoms with Gasteiger partial charge in [0, 0.05) is 24.8 Å². The van der Waals surface area contributed by atoms with Gasteiger partial charge in [0.05, 0.1) is 0 Å². The van der Waals surface area contributed by atoms with Gasteiger partial charge in [-0.25, -0.2) is 4.79 Å². The van der Waals surface area contributed by atoms with E-state index in [2.05, 4.69) is 10.6 Å². The second-order valence-electron chi connectivity index (χ2n) is 5.25. The smallest absolute Gasteiger partial charge is 0.322 e. The molecule has 2 unspecified atom stereocenters. The summed E-state index contributed by atoms with van der Waals surface area (Å²) in [5.74, 6) is -0.0942. The van der Waals surface area contributed by atoms with E-state index in [1.807, 2.05) is 38.1 Å². The van der Waals surface area contributed by atoms with Crippen LogP contribution in [-0.4, -0.2) is 36.0 Å². The minimum absolute atomic E-state index is 0.0917. The van der Waals surface area contributed by atoms with Crippen molar-refractivity contribution in [2.24, 2.45) is 5.73 Å². The molecule has 1 saturated heterocycles. The van der Waals surface area contributed by atoms with Gasteiger partial charge in [0.25, 0.3) is 0 Å². The molecule has 2 rings (SSSR count). The number of nitrogens with one attached hydrogen (secondary N) is 2. The Labute approximate surface area is 124 Å². The van der Waals surface area contributed by atoms with Gasteiger partial charge in [-0.15, -0.1) is 0 Å². The Morgan fingerprint density at radius 2 is 2.33 bits per heavy atom. The highest BCUT2D eigenvalue weighted by Crippen LogP contribution is 2.17. The molecule has 1 fully saturated rings. The number of benzene rings is 1. The number of hydrogen-bond acceptors (Lipinski definition) is 3. The molecule has 2 atom stereocenters. The highest BCUT2D eigenvalue weighted by molar-refractivity contribution is 5.94. The second-order valence-corrected chi connectivity index (χ2v) is 5.25. The van der Waals surface area contributed by atoms with E-state index in [-0.39, 0.29) is 18.0 Å². The van der Waals surface area contributed by atoms with Crippen molar-refractivity contribution < 1.29 is 9.59 Å². The van der Waals surface area contributed by atoms with Gasteiger partial charge in [0.1, 0.15) is 6.04 Å². The number of hydrogen-bond donors (Lipinski definition) is 3. The highest BCUT2D eigenvalue weighted by atomic mass is 16.2. The van der Waals surface area contributed by atoms with E-state index in [0.29, 0.717) is 25.2 Å². The summed E-state index contributed by atoms with van der Waals surface area (Å²) in [7, 11) is 0. The lowest BCUT2D eigenvalue weighted by molar-refractivity contribution is -0.127. The molecule has 114 valence electrons. The van der Waals surface area contributed by atoms with Crippen LogP contribution in [-0.2, 0) is 4.79 Å². The Morgan fingerprint density at radius 1 is 1.57 bits per heavy atom. The van der Waals surface area contributed by atoms with Crippen molar-refractivity contribution in [1.29, 1.82) is 0 Å². The molecular formula is C15H22N4O2. The van der Waals surface area contributed by atoms with Gasteiger partial charge in [-0.05, 0) is 31.0 Å². The van der Waals surface area contributed by atoms with Gasteiger partial charge >= 0.3 is 6.03 Å². The van der Waals surface area contributed by atoms with Crippen molar-refractivity contribution in [1.82, 2.24) is 10.2 Å². The molecule has 1 heterocycles. The van der Waals surface area contributed by atoms with Crippen LogP contribution in [0.15, 0.2) is 24.3 Å². The molecule has 0 aliphatic carbocycles. The minimum Gasteiger partial charge on any atom is -0.353 e. The lowest BCUT2D eigenvalue weighted by atomic mass is 10.1. The molecule has 0 aromatic heterocycles. The van der Waals surface area contributed by atoms with Crippen LogP contribution in [0.3, 0.4) is 0 Å². The number of urea groups is 1. The maximum Gasteiger partial charge on any atom is 0.322 e. The van der Waals surface area contributed by atoms with Crippen molar-refractivity contribution in [3.63, 3.8) is 0 Å². The van der Waals surface area contributed by atoms with E-state index < -0.39 is 6.04 Å². The normalized spacial score (nSPS) is 19.9. The summed E-state index contributed by atoms with van der Waals surface area (Å²) in [5, 5.41) is 5.62. The lowest BCUT2D eigenvalue weighted by Gasteiger charge is -2.34. The Balaban J connectivity index is 2.10. The van der Waals surface area contributed by atoms with Crippen LogP contribution in [0.1, 0.15) is 31.9 Å². The maximum atomic E-state index is 12.4. The molecule has 0 spiro atoms. The molecule has 21 heavy (non-hydrogen) atoms. The zero-order valence-electron chi connectivity index (χ0n) is 12.4. The van der Waals surface area contributed by atoms with Crippen LogP contribution in [0.4, 0.5) is 10.5 Å². The average Bonchev–Trinajstić information content (AvgIpc) is 2.47. The molecule has 6 nitrogen and oxygen atoms in total. The fourth-order valence-corrected chi connectivity index (χ4v) is 2.46. The Bertz CT molecular complexity index is 530. The molecule has 4 N–H and O–H groups in total. The first kappa shape index (κ1) is 15.3. The number of carbonyl (C=O) groups is 2. The standard InChI is InChI=1S/C15H22N4O2/c1-3-13-14(20)17-7-8-19(13)15(21)18-12-6-4-5-11(9-12)10(2)16/h4-6,9-10,13H,3,7-8,16H2,1-2H3,(H,17,20)(H,18,21). The molecule has 0 bridgehead atoms. The van der Waals surface area contributed by atoms with Crippen LogP contribution in [0.25, 0.3) is 0 Å². The second kappa shape index (κ2) is 6.58. The zero-order chi connectivity index (χ0) is 15.4. The lowest BCUT2D eigenvalue weighted by Crippen LogP contribution is -2.57. The summed E-state index contributed by atoms with van der Waals surface area (Å²) in [6.07, 6.45) is 0.596. The molecule has 1 aromatic carbocycles. The molecule has 1 aliphatic heterocycles. The number of anilines is 1. The van der Waals surface area contributed by atoms with Crippen molar-refractivity contribution >= 4 is 17.6 Å². The number of piperazine rings is 1. The van der Waals surface area contributed by atoms with Crippen molar-refractivity contribution in [3.8, 4) is 0 Å². The number of nitrogens with two attached hydrogens (primary N) is 1. The van der Waals surface area contributed by atoms with E-state index >= 15 is 0 Å². The largest absolute Gasteiger partial charge is 0.353 e. The number of amides is 3. The number of nitrogens with zero attached hydrogens (tertiary/aromatic N) is 1. The van der Waals surface area contributed by atoms with Gasteiger partial charge in [0.15, 0.2) is 0 Å². The number of carbonyl (C=O) groups excluding carboxylic acids is 2. The molecular weight excluding hydrogens is 268 g/mol. The predicted molar refractivity (Wildman–Crippen MR) is 81.9 cm³/mol. The van der Waals surface area contributed by atoms with Crippen LogP contribution >= 0.6 is 0 Å². The van der Waals surface area contributed by atoms with E-state index in [9.17, 15) is 9.59 Å². The van der Waals surface area contributed by atoms with E-state index in [0.717, 1.165) is 5.56 Å². The van der Waals surface area contributed by atoms with E-state index in [1.54, 1.807) is 4.90 Å². The van der Waals surface area contributed by atoms with Crippen LogP contribution in [0.5, 0.6) is 0 Å². The van der Waals surface area contributed by atoms with Gasteiger partial charge in [-0.2, -0.15) is 0 Å². The van der Waals surface area contributed by atoms with Gasteiger partial charge in [-0.1, -0.05) is 19.1 Å². The topological polar surface area (TPSA) is 87.5 Å². The fraction of sp³-hybridized carbons (Fsp3) is 0.467. The maximum absolute atomic E-state index is 12.4. The van der Waals surface area contributed by atoms with Crippen molar-refractivity contribution in [3.05, 3.63) is 29.8 Å². The third-order valence-corrected chi connectivity index (χ3v) is 3.64. The molecule has 0 radical (unpaired) electrons. The first-order chi connectivity index (χ1) is 10.0. The quantitative estimate of drug-likeness (QED) is 0.787. The summed E-state index contributed by atoms with van der Waals surface area (Å²) < 4.78 is 0. The first-order valence-corrected chi connectivity index (χ1v) is 7.23. The van der Waals surface area contributed by atoms with Gasteiger partial charge in [0.2, 0.25) is 5.91 Å². The van der Waals surface area contributed by atoms with E-state index in [1.165, 1.54) is 0 Å². The highest BCUT2D eigenvalue weighted by Gasteiger charge is 2.31. The minimum atomic E-state index is -0.407. The molecule has 0 saturated carbocycles. The van der Waals surface area contributed by atoms with Crippen LogP contribution in [0.2, 0.25) is 0 Å². The van der Waals surface area contributed by atoms with E-state index in [4.69, 9.17) is 5.73 Å². The van der Waals surface area contributed by atoms with Gasteiger partial charge < -0.3 is 21.3 Å². The first-order valence-electron chi connectivity index (χ1n) is 7.23. The summed E-state index contributed by atoms with van der Waals surface area (Å²) >= 11 is 0. The van der Waals surface area contributed by atoms with Crippen LogP contribution in [0, 0.1) is 0 Å². The third-order valence-electron chi connectivity index (χ3n) is 3.64. The number of rotatable bonds is 3. The van der Waals surface area contributed by atoms with Crippen molar-refractivity contribution in [2.45, 2.75) is 32.4 Å². The Kier molecular flexibility index (Phi) is 4.80. The van der Waals surface area contributed by atoms with Gasteiger partial charge in [-0.3, -0.25) is 4.79 Å². The summed E-state index contributed by atoms with van der Waals surface area (Å²) in [6.45, 7) is 4.79. The van der Waals surface area contributed by atoms with Crippen LogP contribution < -0.4 is 16.4 Å². The molecule has 1 aromatic rings. The monoisotopic (exact) mass is 290 g/mol. The summed E-state index contributed by atoms with van der Waals surface area (Å²) in [6, 6.07) is 6.69. The SMILES string of the molecule is CCC1C(=O)NCCN1C(=O)Nc1cccc(C(C)N)c1. The summed E-state index contributed by atoms with van der Waals surface area (Å²) in [4.78, 5) is 25.7. The average molecular weight is 290 g/mol. The molecule has 3 amide bonds. The Morgan fingerprint density at radius 3 is 3.00 bits per heavy atom.